The van der Waals surface area contributed by atoms with E-state index in [0.717, 1.165) is 19.1 Å². The smallest absolute Gasteiger partial charge is 0.0236 e. The van der Waals surface area contributed by atoms with Gasteiger partial charge in [-0.1, -0.05) is 50.5 Å². The van der Waals surface area contributed by atoms with E-state index in [0.29, 0.717) is 6.54 Å². The SMILES string of the molecule is CCN(Cc1cccc(CN)c1)C1CCCCC1. The Bertz CT molecular complexity index is 356. The molecule has 0 radical (unpaired) electrons. The molecule has 18 heavy (non-hydrogen) atoms. The van der Waals surface area contributed by atoms with E-state index in [1.54, 1.807) is 0 Å². The number of hydrogen-bond acceptors (Lipinski definition) is 2. The number of benzene rings is 1. The lowest BCUT2D eigenvalue weighted by molar-refractivity contribution is 0.156. The summed E-state index contributed by atoms with van der Waals surface area (Å²) in [5.74, 6) is 0. The van der Waals surface area contributed by atoms with E-state index in [2.05, 4.69) is 36.1 Å². The number of hydrogen-bond donors (Lipinski definition) is 1. The maximum absolute atomic E-state index is 5.71. The van der Waals surface area contributed by atoms with Crippen LogP contribution in [0.1, 0.15) is 50.2 Å². The van der Waals surface area contributed by atoms with Crippen molar-refractivity contribution in [2.45, 2.75) is 58.2 Å². The molecule has 100 valence electrons. The summed E-state index contributed by atoms with van der Waals surface area (Å²) in [7, 11) is 0. The van der Waals surface area contributed by atoms with E-state index < -0.39 is 0 Å². The van der Waals surface area contributed by atoms with E-state index in [1.807, 2.05) is 0 Å². The fourth-order valence-electron chi connectivity index (χ4n) is 3.03. The zero-order chi connectivity index (χ0) is 12.8. The van der Waals surface area contributed by atoms with Crippen molar-refractivity contribution in [2.24, 2.45) is 5.73 Å². The highest BCUT2D eigenvalue weighted by molar-refractivity contribution is 5.23. The van der Waals surface area contributed by atoms with Gasteiger partial charge in [0.25, 0.3) is 0 Å². The Morgan fingerprint density at radius 2 is 1.89 bits per heavy atom. The van der Waals surface area contributed by atoms with Crippen molar-refractivity contribution in [1.29, 1.82) is 0 Å². The molecule has 0 aliphatic heterocycles. The molecule has 2 rings (SSSR count). The molecule has 0 spiro atoms. The predicted molar refractivity (Wildman–Crippen MR) is 77.3 cm³/mol. The van der Waals surface area contributed by atoms with Crippen LogP contribution in [0.3, 0.4) is 0 Å². The first kappa shape index (κ1) is 13.6. The van der Waals surface area contributed by atoms with Crippen LogP contribution in [-0.2, 0) is 13.1 Å². The van der Waals surface area contributed by atoms with E-state index in [9.17, 15) is 0 Å². The molecule has 0 heterocycles. The summed E-state index contributed by atoms with van der Waals surface area (Å²) in [4.78, 5) is 2.63. The van der Waals surface area contributed by atoms with Crippen LogP contribution in [0.2, 0.25) is 0 Å². The van der Waals surface area contributed by atoms with Gasteiger partial charge in [0.2, 0.25) is 0 Å². The Hall–Kier alpha value is -0.860. The van der Waals surface area contributed by atoms with Crippen LogP contribution >= 0.6 is 0 Å². The van der Waals surface area contributed by atoms with Gasteiger partial charge in [-0.15, -0.1) is 0 Å². The first-order valence-corrected chi connectivity index (χ1v) is 7.35. The molecular weight excluding hydrogens is 220 g/mol. The van der Waals surface area contributed by atoms with Crippen molar-refractivity contribution >= 4 is 0 Å². The third-order valence-corrected chi connectivity index (χ3v) is 4.11. The Balaban J connectivity index is 1.99. The quantitative estimate of drug-likeness (QED) is 0.863. The van der Waals surface area contributed by atoms with Gasteiger partial charge in [-0.2, -0.15) is 0 Å². The summed E-state index contributed by atoms with van der Waals surface area (Å²) in [6.45, 7) is 5.15. The molecule has 1 saturated carbocycles. The summed E-state index contributed by atoms with van der Waals surface area (Å²) in [6, 6.07) is 9.52. The van der Waals surface area contributed by atoms with Gasteiger partial charge < -0.3 is 5.73 Å². The van der Waals surface area contributed by atoms with Crippen molar-refractivity contribution in [1.82, 2.24) is 4.90 Å². The summed E-state index contributed by atoms with van der Waals surface area (Å²) >= 11 is 0. The highest BCUT2D eigenvalue weighted by atomic mass is 15.1. The standard InChI is InChI=1S/C16H26N2/c1-2-18(16-9-4-3-5-10-16)13-15-8-6-7-14(11-15)12-17/h6-8,11,16H,2-5,9-10,12-13,17H2,1H3. The molecular formula is C16H26N2. The van der Waals surface area contributed by atoms with Gasteiger partial charge in [-0.05, 0) is 30.5 Å². The van der Waals surface area contributed by atoms with Crippen LogP contribution in [0, 0.1) is 0 Å². The molecule has 0 atom stereocenters. The highest BCUT2D eigenvalue weighted by Gasteiger charge is 2.19. The second-order valence-corrected chi connectivity index (χ2v) is 5.38. The van der Waals surface area contributed by atoms with Crippen molar-refractivity contribution in [3.05, 3.63) is 35.4 Å². The van der Waals surface area contributed by atoms with Gasteiger partial charge in [0.05, 0.1) is 0 Å². The Morgan fingerprint density at radius 3 is 2.56 bits per heavy atom. The van der Waals surface area contributed by atoms with Crippen LogP contribution in [0.15, 0.2) is 24.3 Å². The van der Waals surface area contributed by atoms with Gasteiger partial charge in [-0.3, -0.25) is 4.90 Å². The maximum atomic E-state index is 5.71. The van der Waals surface area contributed by atoms with Gasteiger partial charge >= 0.3 is 0 Å². The summed E-state index contributed by atoms with van der Waals surface area (Å²) < 4.78 is 0. The largest absolute Gasteiger partial charge is 0.326 e. The monoisotopic (exact) mass is 246 g/mol. The van der Waals surface area contributed by atoms with Crippen LogP contribution in [0.25, 0.3) is 0 Å². The molecule has 1 aromatic carbocycles. The molecule has 0 bridgehead atoms. The third-order valence-electron chi connectivity index (χ3n) is 4.11. The van der Waals surface area contributed by atoms with Crippen LogP contribution < -0.4 is 5.73 Å². The molecule has 0 amide bonds. The number of nitrogens with zero attached hydrogens (tertiary/aromatic N) is 1. The Kier molecular flexibility index (Phi) is 5.21. The minimum Gasteiger partial charge on any atom is -0.326 e. The fraction of sp³-hybridized carbons (Fsp3) is 0.625. The minimum absolute atomic E-state index is 0.642. The van der Waals surface area contributed by atoms with E-state index in [-0.39, 0.29) is 0 Å². The zero-order valence-electron chi connectivity index (χ0n) is 11.6. The summed E-state index contributed by atoms with van der Waals surface area (Å²) in [5.41, 5.74) is 8.36. The lowest BCUT2D eigenvalue weighted by Gasteiger charge is -2.33. The fourth-order valence-corrected chi connectivity index (χ4v) is 3.03. The lowest BCUT2D eigenvalue weighted by Crippen LogP contribution is -2.36. The van der Waals surface area contributed by atoms with Gasteiger partial charge in [0.1, 0.15) is 0 Å². The van der Waals surface area contributed by atoms with Crippen molar-refractivity contribution in [3.63, 3.8) is 0 Å². The van der Waals surface area contributed by atoms with E-state index >= 15 is 0 Å². The molecule has 0 saturated heterocycles. The molecule has 1 aliphatic rings. The normalized spacial score (nSPS) is 17.3. The maximum Gasteiger partial charge on any atom is 0.0236 e. The van der Waals surface area contributed by atoms with Gasteiger partial charge in [0.15, 0.2) is 0 Å². The van der Waals surface area contributed by atoms with E-state index in [1.165, 1.54) is 43.2 Å². The van der Waals surface area contributed by atoms with Crippen molar-refractivity contribution in [3.8, 4) is 0 Å². The summed E-state index contributed by atoms with van der Waals surface area (Å²) in [5, 5.41) is 0. The number of rotatable bonds is 5. The molecule has 2 N–H and O–H groups in total. The Labute approximate surface area is 111 Å². The van der Waals surface area contributed by atoms with Crippen LogP contribution in [0.4, 0.5) is 0 Å². The van der Waals surface area contributed by atoms with Gasteiger partial charge in [-0.25, -0.2) is 0 Å². The van der Waals surface area contributed by atoms with Crippen molar-refractivity contribution < 1.29 is 0 Å². The van der Waals surface area contributed by atoms with Crippen LogP contribution in [0.5, 0.6) is 0 Å². The second kappa shape index (κ2) is 6.91. The molecule has 2 heteroatoms. The number of nitrogens with two attached hydrogens (primary N) is 1. The molecule has 1 aliphatic carbocycles. The minimum atomic E-state index is 0.642. The lowest BCUT2D eigenvalue weighted by atomic mass is 9.94. The molecule has 0 unspecified atom stereocenters. The van der Waals surface area contributed by atoms with Crippen molar-refractivity contribution in [2.75, 3.05) is 6.54 Å². The molecule has 1 aromatic rings. The highest BCUT2D eigenvalue weighted by Crippen LogP contribution is 2.24. The summed E-state index contributed by atoms with van der Waals surface area (Å²) in [6.07, 6.45) is 7.00. The molecule has 1 fully saturated rings. The topological polar surface area (TPSA) is 29.3 Å². The first-order valence-electron chi connectivity index (χ1n) is 7.35. The van der Waals surface area contributed by atoms with Crippen LogP contribution in [-0.4, -0.2) is 17.5 Å². The first-order chi connectivity index (χ1) is 8.83. The predicted octanol–water partition coefficient (Wildman–Crippen LogP) is 3.30. The van der Waals surface area contributed by atoms with E-state index in [4.69, 9.17) is 5.73 Å². The average Bonchev–Trinajstić information content (AvgIpc) is 2.46. The molecule has 2 nitrogen and oxygen atoms in total. The third kappa shape index (κ3) is 3.56. The second-order valence-electron chi connectivity index (χ2n) is 5.38. The average molecular weight is 246 g/mol. The van der Waals surface area contributed by atoms with Gasteiger partial charge in [0, 0.05) is 19.1 Å². The zero-order valence-corrected chi connectivity index (χ0v) is 11.6. The molecule has 0 aromatic heterocycles. The Morgan fingerprint density at radius 1 is 1.17 bits per heavy atom.